The van der Waals surface area contributed by atoms with Crippen molar-refractivity contribution in [3.8, 4) is 0 Å². The van der Waals surface area contributed by atoms with Crippen LogP contribution < -0.4 is 0 Å². The predicted molar refractivity (Wildman–Crippen MR) is 157 cm³/mol. The molecule has 204 valence electrons. The van der Waals surface area contributed by atoms with Gasteiger partial charge in [-0.3, -0.25) is 18.3 Å². The van der Waals surface area contributed by atoms with Gasteiger partial charge in [-0.25, -0.2) is 0 Å². The first-order chi connectivity index (χ1) is 15.2. The van der Waals surface area contributed by atoms with Crippen LogP contribution in [-0.2, 0) is 18.3 Å². The van der Waals surface area contributed by atoms with E-state index in [1.165, 1.54) is 48.5 Å². The second-order valence-electron chi connectivity index (χ2n) is 6.15. The first-order valence-corrected chi connectivity index (χ1v) is 17.5. The van der Waals surface area contributed by atoms with Gasteiger partial charge < -0.3 is 44.6 Å². The van der Waals surface area contributed by atoms with Crippen molar-refractivity contribution in [2.24, 2.45) is 0 Å². The minimum absolute atomic E-state index is 0. The largest absolute Gasteiger partial charge is 0.412 e. The van der Waals surface area contributed by atoms with E-state index < -0.39 is 39.8 Å². The quantitative estimate of drug-likeness (QED) is 0.109. The molecule has 0 atom stereocenters. The molecule has 0 aliphatic heterocycles. The standard InChI is InChI=1S/2C7H9ClO6P2S.4Na.H2O/c2*8-5-1-3-6(4-2-5)17-7(15(9,10)11)16(12,13)14;;;;;/h2*1-4,7H,(H2,9,10,11)(H2,12,13,14);;;;;1H2. The smallest absolute Gasteiger partial charge is 0.351 e. The molecule has 0 bridgehead atoms. The second-order valence-corrected chi connectivity index (χ2v) is 18.4. The van der Waals surface area contributed by atoms with E-state index in [0.29, 0.717) is 43.4 Å². The normalized spacial score (nSPS) is 11.4. The van der Waals surface area contributed by atoms with E-state index in [9.17, 15) is 18.3 Å². The topological polar surface area (TPSA) is 262 Å². The Balaban J connectivity index is -0.000000175. The van der Waals surface area contributed by atoms with E-state index in [-0.39, 0.29) is 124 Å². The van der Waals surface area contributed by atoms with Crippen molar-refractivity contribution in [3.05, 3.63) is 58.6 Å². The fourth-order valence-electron chi connectivity index (χ4n) is 1.94. The van der Waals surface area contributed by atoms with Crippen LogP contribution in [0.2, 0.25) is 10.0 Å². The molecule has 0 saturated carbocycles. The third-order valence-electron chi connectivity index (χ3n) is 3.26. The maximum Gasteiger partial charge on any atom is 0.351 e. The first-order valence-electron chi connectivity index (χ1n) is 8.26. The summed E-state index contributed by atoms with van der Waals surface area (Å²) in [6.07, 6.45) is 0. The molecule has 2 rings (SSSR count). The summed E-state index contributed by atoms with van der Waals surface area (Å²) >= 11 is 12.1. The summed E-state index contributed by atoms with van der Waals surface area (Å²) < 4.78 is 39.8. The van der Waals surface area contributed by atoms with Crippen LogP contribution in [0.3, 0.4) is 0 Å². The average Bonchev–Trinajstić information content (AvgIpc) is 2.63. The van der Waals surface area contributed by atoms with E-state index >= 15 is 0 Å². The van der Waals surface area contributed by atoms with E-state index in [1.54, 1.807) is 0 Å². The summed E-state index contributed by atoms with van der Waals surface area (Å²) in [5.74, 6) is 0. The van der Waals surface area contributed by atoms with E-state index in [4.69, 9.17) is 62.3 Å². The maximum absolute atomic E-state index is 11.0. The Labute approximate surface area is 330 Å². The van der Waals surface area contributed by atoms with Crippen LogP contribution in [0.4, 0.5) is 0 Å². The zero-order valence-electron chi connectivity index (χ0n) is 20.8. The Bertz CT molecular complexity index is 1030. The zero-order valence-corrected chi connectivity index (χ0v) is 35.6. The van der Waals surface area contributed by atoms with Gasteiger partial charge in [-0.05, 0) is 48.5 Å². The minimum Gasteiger partial charge on any atom is -0.412 e. The number of hydrogen-bond acceptors (Lipinski definition) is 6. The van der Waals surface area contributed by atoms with Crippen LogP contribution in [0.25, 0.3) is 0 Å². The van der Waals surface area contributed by atoms with Gasteiger partial charge in [-0.15, -0.1) is 0 Å². The predicted octanol–water partition coefficient (Wildman–Crippen LogP) is 1.79. The van der Waals surface area contributed by atoms with Gasteiger partial charge >= 0.3 is 30.4 Å². The Hall–Kier alpha value is 4.28. The molecule has 0 heterocycles. The molecule has 0 unspecified atom stereocenters. The van der Waals surface area contributed by atoms with Crippen molar-refractivity contribution in [3.63, 3.8) is 0 Å². The Morgan fingerprint density at radius 1 is 0.487 bits per heavy atom. The van der Waals surface area contributed by atoms with Crippen LogP contribution in [0.5, 0.6) is 0 Å². The second kappa shape index (κ2) is 22.7. The van der Waals surface area contributed by atoms with Gasteiger partial charge in [-0.2, -0.15) is 0 Å². The molecular weight excluding hydrogens is 727 g/mol. The molecular formula is C14H20Cl2Na4O13P4S2. The molecule has 0 spiro atoms. The van der Waals surface area contributed by atoms with Gasteiger partial charge in [0.2, 0.25) is 9.46 Å². The fraction of sp³-hybridized carbons (Fsp3) is 0.143. The van der Waals surface area contributed by atoms with Gasteiger partial charge in [0.1, 0.15) is 0 Å². The zero-order chi connectivity index (χ0) is 26.5. The summed E-state index contributed by atoms with van der Waals surface area (Å²) in [7, 11) is -19.6. The van der Waals surface area contributed by atoms with E-state index in [2.05, 4.69) is 0 Å². The van der Waals surface area contributed by atoms with Gasteiger partial charge in [-0.1, -0.05) is 46.7 Å². The van der Waals surface area contributed by atoms with Crippen LogP contribution in [0.1, 0.15) is 0 Å². The van der Waals surface area contributed by atoms with Crippen molar-refractivity contribution >= 4 is 195 Å². The Morgan fingerprint density at radius 2 is 0.667 bits per heavy atom. The molecule has 4 radical (unpaired) electrons. The molecule has 25 heteroatoms. The molecule has 10 N–H and O–H groups in total. The summed E-state index contributed by atoms with van der Waals surface area (Å²) in [6.45, 7) is 0. The number of halogens is 2. The van der Waals surface area contributed by atoms with Crippen LogP contribution in [0.15, 0.2) is 58.3 Å². The van der Waals surface area contributed by atoms with Crippen LogP contribution in [-0.4, -0.2) is 172 Å². The summed E-state index contributed by atoms with van der Waals surface area (Å²) in [5, 5.41) is 0.830. The molecule has 0 aromatic heterocycles. The summed E-state index contributed by atoms with van der Waals surface area (Å²) in [6, 6.07) is 11.5. The van der Waals surface area contributed by atoms with Crippen molar-refractivity contribution in [2.75, 3.05) is 0 Å². The molecule has 39 heavy (non-hydrogen) atoms. The molecule has 2 aromatic rings. The molecule has 0 fully saturated rings. The molecule has 0 saturated heterocycles. The minimum atomic E-state index is -4.91. The van der Waals surface area contributed by atoms with Crippen molar-refractivity contribution in [1.82, 2.24) is 0 Å². The SMILES string of the molecule is O.O=P(O)(O)C(Sc1ccc(Cl)cc1)P(=O)(O)O.O=P(O)(O)C(Sc1ccc(Cl)cc1)P(=O)(O)O.[Na].[Na].[Na].[Na]. The molecule has 0 aliphatic rings. The fourth-order valence-corrected chi connectivity index (χ4v) is 10.1. The monoisotopic (exact) mass is 746 g/mol. The number of rotatable bonds is 8. The van der Waals surface area contributed by atoms with Gasteiger partial charge in [0.25, 0.3) is 0 Å². The number of hydrogen-bond donors (Lipinski definition) is 8. The first kappa shape index (κ1) is 52.8. The third kappa shape index (κ3) is 21.7. The van der Waals surface area contributed by atoms with E-state index in [1.807, 2.05) is 0 Å². The number of benzene rings is 2. The Kier molecular flexibility index (Phi) is 30.8. The summed E-state index contributed by atoms with van der Waals surface area (Å²) in [5.41, 5.74) is 0. The molecule has 13 nitrogen and oxygen atoms in total. The Morgan fingerprint density at radius 3 is 0.821 bits per heavy atom. The van der Waals surface area contributed by atoms with Crippen LogP contribution >= 0.6 is 77.1 Å². The van der Waals surface area contributed by atoms with Gasteiger partial charge in [0.15, 0.2) is 0 Å². The summed E-state index contributed by atoms with van der Waals surface area (Å²) in [4.78, 5) is 71.8. The molecule has 2 aromatic carbocycles. The van der Waals surface area contributed by atoms with E-state index in [0.717, 1.165) is 0 Å². The number of thioether (sulfide) groups is 2. The average molecular weight is 747 g/mol. The third-order valence-corrected chi connectivity index (χ3v) is 15.7. The van der Waals surface area contributed by atoms with Crippen molar-refractivity contribution in [2.45, 2.75) is 19.3 Å². The van der Waals surface area contributed by atoms with Crippen LogP contribution in [0, 0.1) is 0 Å². The van der Waals surface area contributed by atoms with Crippen molar-refractivity contribution in [1.29, 1.82) is 0 Å². The molecule has 0 aliphatic carbocycles. The van der Waals surface area contributed by atoms with Crippen molar-refractivity contribution < 1.29 is 62.9 Å². The molecule has 0 amide bonds. The van der Waals surface area contributed by atoms with Gasteiger partial charge in [0.05, 0.1) is 0 Å². The maximum atomic E-state index is 11.0. The van der Waals surface area contributed by atoms with Gasteiger partial charge in [0, 0.05) is 138 Å².